The third-order valence-electron chi connectivity index (χ3n) is 5.46. The fraction of sp³-hybridized carbons (Fsp3) is 0.650. The molecule has 2 aliphatic carbocycles. The van der Waals surface area contributed by atoms with Gasteiger partial charge in [-0.25, -0.2) is 13.6 Å². The van der Waals surface area contributed by atoms with Crippen LogP contribution in [0.5, 0.6) is 0 Å². The van der Waals surface area contributed by atoms with Gasteiger partial charge in [-0.05, 0) is 44.4 Å². The molecule has 0 heterocycles. The summed E-state index contributed by atoms with van der Waals surface area (Å²) in [4.78, 5) is 16.2. The Balaban J connectivity index is 1.65. The van der Waals surface area contributed by atoms with E-state index >= 15 is 0 Å². The van der Waals surface area contributed by atoms with Gasteiger partial charge in [0, 0.05) is 24.3 Å². The van der Waals surface area contributed by atoms with Crippen molar-refractivity contribution < 1.29 is 13.6 Å². The van der Waals surface area contributed by atoms with Crippen molar-refractivity contribution in [2.24, 2.45) is 0 Å². The first-order valence-corrected chi connectivity index (χ1v) is 9.68. The topological polar surface area (TPSA) is 35.6 Å². The van der Waals surface area contributed by atoms with Gasteiger partial charge in [0.2, 0.25) is 0 Å². The summed E-state index contributed by atoms with van der Waals surface area (Å²) in [6, 6.07) is 7.81. The zero-order valence-electron chi connectivity index (χ0n) is 15.5. The van der Waals surface area contributed by atoms with Crippen LogP contribution in [0.1, 0.15) is 50.5 Å². The molecule has 0 atom stereocenters. The van der Waals surface area contributed by atoms with E-state index in [1.807, 2.05) is 24.3 Å². The molecule has 1 aromatic rings. The Hall–Kier alpha value is -1.69. The number of rotatable bonds is 7. The van der Waals surface area contributed by atoms with Crippen LogP contribution < -0.4 is 5.32 Å². The number of hydrogen-bond donors (Lipinski definition) is 1. The van der Waals surface area contributed by atoms with Gasteiger partial charge in [-0.2, -0.15) is 0 Å². The van der Waals surface area contributed by atoms with Crippen LogP contribution in [0.25, 0.3) is 0 Å². The highest BCUT2D eigenvalue weighted by Gasteiger charge is 2.34. The molecule has 2 amide bonds. The number of nitrogens with zero attached hydrogens (tertiary/aromatic N) is 2. The number of anilines is 1. The van der Waals surface area contributed by atoms with Gasteiger partial charge in [-0.1, -0.05) is 37.5 Å². The molecule has 0 spiro atoms. The highest BCUT2D eigenvalue weighted by Crippen LogP contribution is 2.29. The van der Waals surface area contributed by atoms with Crippen LogP contribution in [-0.4, -0.2) is 47.9 Å². The second kappa shape index (κ2) is 8.80. The highest BCUT2D eigenvalue weighted by atomic mass is 19.3. The smallest absolute Gasteiger partial charge is 0.316 e. The van der Waals surface area contributed by atoms with E-state index in [0.717, 1.165) is 30.6 Å². The van der Waals surface area contributed by atoms with Gasteiger partial charge in [0.15, 0.2) is 0 Å². The molecule has 0 aliphatic heterocycles. The highest BCUT2D eigenvalue weighted by molar-refractivity contribution is 5.90. The van der Waals surface area contributed by atoms with E-state index < -0.39 is 19.0 Å². The number of amides is 2. The van der Waals surface area contributed by atoms with Crippen molar-refractivity contribution in [1.82, 2.24) is 9.80 Å². The monoisotopic (exact) mass is 365 g/mol. The summed E-state index contributed by atoms with van der Waals surface area (Å²) in [7, 11) is 2.13. The number of halogens is 2. The molecule has 144 valence electrons. The number of para-hydroxylation sites is 1. The minimum absolute atomic E-state index is 0.0407. The molecule has 3 rings (SSSR count). The first kappa shape index (κ1) is 19.1. The second-order valence-electron chi connectivity index (χ2n) is 7.57. The normalized spacial score (nSPS) is 18.3. The van der Waals surface area contributed by atoms with Gasteiger partial charge in [-0.3, -0.25) is 4.90 Å². The molecule has 26 heavy (non-hydrogen) atoms. The number of carbonyl (C=O) groups excluding carboxylic acids is 1. The largest absolute Gasteiger partial charge is 0.322 e. The van der Waals surface area contributed by atoms with Crippen molar-refractivity contribution >= 4 is 11.7 Å². The Morgan fingerprint density at radius 1 is 1.12 bits per heavy atom. The summed E-state index contributed by atoms with van der Waals surface area (Å²) in [5, 5.41) is 2.87. The van der Waals surface area contributed by atoms with Crippen LogP contribution in [0, 0.1) is 0 Å². The maximum atomic E-state index is 12.8. The van der Waals surface area contributed by atoms with E-state index in [9.17, 15) is 13.6 Å². The van der Waals surface area contributed by atoms with Crippen molar-refractivity contribution in [3.05, 3.63) is 29.8 Å². The molecule has 0 unspecified atom stereocenters. The summed E-state index contributed by atoms with van der Waals surface area (Å²) in [5.41, 5.74) is 1.75. The maximum Gasteiger partial charge on any atom is 0.322 e. The van der Waals surface area contributed by atoms with Gasteiger partial charge in [0.25, 0.3) is 6.43 Å². The molecule has 0 radical (unpaired) electrons. The van der Waals surface area contributed by atoms with Gasteiger partial charge in [0.1, 0.15) is 0 Å². The molecular weight excluding hydrogens is 336 g/mol. The summed E-state index contributed by atoms with van der Waals surface area (Å²) in [6.07, 6.45) is 5.42. The standard InChI is InChI=1S/C20H29F2N3O/c1-24(16-8-3-2-4-9-16)13-15-7-5-6-10-18(15)23-20(26)25(14-19(21)22)17-11-12-17/h5-7,10,16-17,19H,2-4,8-9,11-14H2,1H3,(H,23,26). The molecule has 2 saturated carbocycles. The number of carbonyl (C=O) groups is 1. The van der Waals surface area contributed by atoms with E-state index in [4.69, 9.17) is 0 Å². The van der Waals surface area contributed by atoms with Crippen LogP contribution in [0.15, 0.2) is 24.3 Å². The predicted molar refractivity (Wildman–Crippen MR) is 99.5 cm³/mol. The molecule has 1 N–H and O–H groups in total. The van der Waals surface area contributed by atoms with Crippen LogP contribution in [-0.2, 0) is 6.54 Å². The minimum Gasteiger partial charge on any atom is -0.316 e. The number of hydrogen-bond acceptors (Lipinski definition) is 2. The van der Waals surface area contributed by atoms with E-state index in [1.54, 1.807) is 0 Å². The van der Waals surface area contributed by atoms with Crippen molar-refractivity contribution in [1.29, 1.82) is 0 Å². The average Bonchev–Trinajstić information content (AvgIpc) is 3.47. The lowest BCUT2D eigenvalue weighted by atomic mass is 9.94. The molecule has 4 nitrogen and oxygen atoms in total. The lowest BCUT2D eigenvalue weighted by molar-refractivity contribution is 0.0994. The third kappa shape index (κ3) is 5.16. The van der Waals surface area contributed by atoms with Crippen molar-refractivity contribution in [3.63, 3.8) is 0 Å². The molecule has 0 saturated heterocycles. The van der Waals surface area contributed by atoms with Gasteiger partial charge in [0.05, 0.1) is 6.54 Å². The molecule has 0 bridgehead atoms. The van der Waals surface area contributed by atoms with E-state index in [-0.39, 0.29) is 6.04 Å². The maximum absolute atomic E-state index is 12.8. The lowest BCUT2D eigenvalue weighted by Gasteiger charge is -2.32. The molecule has 2 fully saturated rings. The summed E-state index contributed by atoms with van der Waals surface area (Å²) in [5.74, 6) is 0. The number of alkyl halides is 2. The van der Waals surface area contributed by atoms with Gasteiger partial charge >= 0.3 is 6.03 Å². The van der Waals surface area contributed by atoms with Gasteiger partial charge < -0.3 is 10.2 Å². The van der Waals surface area contributed by atoms with Crippen molar-refractivity contribution in [2.45, 2.75) is 70.0 Å². The molecule has 2 aliphatic rings. The predicted octanol–water partition coefficient (Wildman–Crippen LogP) is 4.71. The zero-order valence-corrected chi connectivity index (χ0v) is 15.5. The molecule has 6 heteroatoms. The Kier molecular flexibility index (Phi) is 6.46. The lowest BCUT2D eigenvalue weighted by Crippen LogP contribution is -2.40. The fourth-order valence-corrected chi connectivity index (χ4v) is 3.82. The summed E-state index contributed by atoms with van der Waals surface area (Å²) >= 11 is 0. The number of urea groups is 1. The minimum atomic E-state index is -2.51. The van der Waals surface area contributed by atoms with E-state index in [0.29, 0.717) is 6.04 Å². The third-order valence-corrected chi connectivity index (χ3v) is 5.46. The van der Waals surface area contributed by atoms with Crippen LogP contribution >= 0.6 is 0 Å². The second-order valence-corrected chi connectivity index (χ2v) is 7.57. The SMILES string of the molecule is CN(Cc1ccccc1NC(=O)N(CC(F)F)C1CC1)C1CCCCC1. The number of nitrogens with one attached hydrogen (secondary N) is 1. The van der Waals surface area contributed by atoms with Crippen molar-refractivity contribution in [3.8, 4) is 0 Å². The van der Waals surface area contributed by atoms with Crippen molar-refractivity contribution in [2.75, 3.05) is 18.9 Å². The van der Waals surface area contributed by atoms with Crippen LogP contribution in [0.4, 0.5) is 19.3 Å². The average molecular weight is 365 g/mol. The number of benzene rings is 1. The first-order valence-electron chi connectivity index (χ1n) is 9.68. The summed E-state index contributed by atoms with van der Waals surface area (Å²) < 4.78 is 25.6. The quantitative estimate of drug-likeness (QED) is 0.759. The van der Waals surface area contributed by atoms with E-state index in [1.165, 1.54) is 37.0 Å². The first-order chi connectivity index (χ1) is 12.5. The fourth-order valence-electron chi connectivity index (χ4n) is 3.82. The van der Waals surface area contributed by atoms with Crippen LogP contribution in [0.2, 0.25) is 0 Å². The Morgan fingerprint density at radius 2 is 1.81 bits per heavy atom. The summed E-state index contributed by atoms with van der Waals surface area (Å²) in [6.45, 7) is 0.250. The molecule has 1 aromatic carbocycles. The molecule has 0 aromatic heterocycles. The van der Waals surface area contributed by atoms with Gasteiger partial charge in [-0.15, -0.1) is 0 Å². The Morgan fingerprint density at radius 3 is 2.46 bits per heavy atom. The van der Waals surface area contributed by atoms with Crippen LogP contribution in [0.3, 0.4) is 0 Å². The Bertz CT molecular complexity index is 600. The Labute approximate surface area is 154 Å². The zero-order chi connectivity index (χ0) is 18.5. The molecular formula is C20H29F2N3O. The van der Waals surface area contributed by atoms with E-state index in [2.05, 4.69) is 17.3 Å².